The lowest BCUT2D eigenvalue weighted by Gasteiger charge is -2.21. The number of hydrogen-bond acceptors (Lipinski definition) is 6. The molecule has 0 saturated carbocycles. The maximum atomic E-state index is 12.8. The number of aromatic nitrogens is 1. The lowest BCUT2D eigenvalue weighted by atomic mass is 10.2. The lowest BCUT2D eigenvalue weighted by molar-refractivity contribution is -0.140. The molecule has 0 amide bonds. The fourth-order valence-electron chi connectivity index (χ4n) is 3.75. The van der Waals surface area contributed by atoms with Crippen LogP contribution in [0.5, 0.6) is 5.75 Å². The normalized spacial score (nSPS) is 16.8. The number of nitrogens with zero attached hydrogens (tertiary/aromatic N) is 2. The van der Waals surface area contributed by atoms with Crippen LogP contribution in [0.2, 0.25) is 0 Å². The predicted octanol–water partition coefficient (Wildman–Crippen LogP) is 3.51. The molecule has 1 unspecified atom stereocenters. The summed E-state index contributed by atoms with van der Waals surface area (Å²) in [4.78, 5) is 15.9. The molecule has 1 N–H and O–H groups in total. The van der Waals surface area contributed by atoms with E-state index in [0.717, 1.165) is 21.3 Å². The molecule has 0 radical (unpaired) electrons. The van der Waals surface area contributed by atoms with Gasteiger partial charge in [0.05, 0.1) is 17.2 Å². The van der Waals surface area contributed by atoms with Crippen molar-refractivity contribution in [3.8, 4) is 17.2 Å². The molecule has 1 aliphatic rings. The first kappa shape index (κ1) is 22.0. The molecule has 0 aliphatic carbocycles. The Morgan fingerprint density at radius 3 is 2.59 bits per heavy atom. The fraction of sp³-hybridized carbons (Fsp3) is 0.304. The van der Waals surface area contributed by atoms with Crippen LogP contribution < -0.4 is 4.74 Å². The summed E-state index contributed by atoms with van der Waals surface area (Å²) >= 11 is 0. The molecule has 2 aromatic carbocycles. The average molecular weight is 457 g/mol. The molecule has 32 heavy (non-hydrogen) atoms. The lowest BCUT2D eigenvalue weighted by Crippen LogP contribution is -2.40. The number of aryl methyl sites for hydroxylation is 1. The molecule has 4 rings (SSSR count). The summed E-state index contributed by atoms with van der Waals surface area (Å²) in [5, 5.41) is 9.28. The Morgan fingerprint density at radius 1 is 1.19 bits per heavy atom. The van der Waals surface area contributed by atoms with Crippen LogP contribution in [0.4, 0.5) is 0 Å². The molecule has 168 valence electrons. The van der Waals surface area contributed by atoms with E-state index < -0.39 is 22.0 Å². The van der Waals surface area contributed by atoms with Crippen molar-refractivity contribution in [1.29, 1.82) is 0 Å². The summed E-state index contributed by atoms with van der Waals surface area (Å²) < 4.78 is 38.2. The van der Waals surface area contributed by atoms with Gasteiger partial charge in [0.15, 0.2) is 0 Å². The number of carboxylic acids is 1. The Hall–Kier alpha value is -3.17. The van der Waals surface area contributed by atoms with Gasteiger partial charge >= 0.3 is 5.97 Å². The third kappa shape index (κ3) is 4.53. The minimum Gasteiger partial charge on any atom is -0.493 e. The molecule has 1 fully saturated rings. The van der Waals surface area contributed by atoms with E-state index in [-0.39, 0.29) is 11.4 Å². The van der Waals surface area contributed by atoms with Crippen LogP contribution >= 0.6 is 0 Å². The van der Waals surface area contributed by atoms with Crippen LogP contribution in [0.1, 0.15) is 24.3 Å². The van der Waals surface area contributed by atoms with E-state index in [1.54, 1.807) is 12.1 Å². The van der Waals surface area contributed by atoms with Crippen LogP contribution in [0.3, 0.4) is 0 Å². The predicted molar refractivity (Wildman–Crippen MR) is 117 cm³/mol. The van der Waals surface area contributed by atoms with Crippen LogP contribution in [0.25, 0.3) is 11.5 Å². The van der Waals surface area contributed by atoms with Crippen LogP contribution in [-0.2, 0) is 21.2 Å². The first-order valence-electron chi connectivity index (χ1n) is 10.4. The molecule has 1 atom stereocenters. The minimum absolute atomic E-state index is 0.0536. The number of hydrogen-bond donors (Lipinski definition) is 1. The van der Waals surface area contributed by atoms with E-state index in [2.05, 4.69) is 4.98 Å². The van der Waals surface area contributed by atoms with Gasteiger partial charge in [0, 0.05) is 18.5 Å². The number of carboxylic acid groups (broad SMARTS) is 1. The number of aliphatic carboxylic acids is 1. The van der Waals surface area contributed by atoms with Crippen molar-refractivity contribution in [3.05, 3.63) is 66.1 Å². The van der Waals surface area contributed by atoms with Crippen molar-refractivity contribution in [2.75, 3.05) is 13.2 Å². The van der Waals surface area contributed by atoms with E-state index in [1.165, 1.54) is 12.1 Å². The number of oxazole rings is 1. The maximum absolute atomic E-state index is 12.8. The summed E-state index contributed by atoms with van der Waals surface area (Å²) in [6.07, 6.45) is 1.39. The summed E-state index contributed by atoms with van der Waals surface area (Å²) in [5.41, 5.74) is 1.71. The first-order chi connectivity index (χ1) is 15.4. The summed E-state index contributed by atoms with van der Waals surface area (Å²) in [7, 11) is -3.87. The highest BCUT2D eigenvalue weighted by Crippen LogP contribution is 2.27. The molecule has 1 saturated heterocycles. The number of rotatable bonds is 8. The minimum atomic E-state index is -3.87. The van der Waals surface area contributed by atoms with E-state index >= 15 is 0 Å². The van der Waals surface area contributed by atoms with E-state index in [1.807, 2.05) is 37.3 Å². The summed E-state index contributed by atoms with van der Waals surface area (Å²) in [6, 6.07) is 14.7. The van der Waals surface area contributed by atoms with Crippen molar-refractivity contribution in [2.24, 2.45) is 0 Å². The molecule has 2 heterocycles. The van der Waals surface area contributed by atoms with Gasteiger partial charge in [-0.2, -0.15) is 4.31 Å². The zero-order valence-electron chi connectivity index (χ0n) is 17.6. The fourth-order valence-corrected chi connectivity index (χ4v) is 5.40. The van der Waals surface area contributed by atoms with Gasteiger partial charge in [0.25, 0.3) is 0 Å². The Kier molecular flexibility index (Phi) is 6.29. The molecule has 3 aromatic rings. The SMILES string of the molecule is Cc1oc(-c2ccccc2)nc1CCOc1ccc(S(=O)(=O)N2CCCC2C(=O)O)cc1. The molecule has 1 aliphatic heterocycles. The van der Waals surface area contributed by atoms with Gasteiger partial charge in [-0.25, -0.2) is 13.4 Å². The van der Waals surface area contributed by atoms with Crippen LogP contribution in [0.15, 0.2) is 63.9 Å². The quantitative estimate of drug-likeness (QED) is 0.552. The van der Waals surface area contributed by atoms with Crippen molar-refractivity contribution in [2.45, 2.75) is 37.1 Å². The van der Waals surface area contributed by atoms with Gasteiger partial charge in [-0.05, 0) is 56.2 Å². The number of ether oxygens (including phenoxy) is 1. The van der Waals surface area contributed by atoms with E-state index in [0.29, 0.717) is 37.5 Å². The van der Waals surface area contributed by atoms with Gasteiger partial charge in [0.1, 0.15) is 17.6 Å². The highest BCUT2D eigenvalue weighted by atomic mass is 32.2. The van der Waals surface area contributed by atoms with Crippen molar-refractivity contribution in [3.63, 3.8) is 0 Å². The number of benzene rings is 2. The third-order valence-electron chi connectivity index (χ3n) is 5.44. The zero-order chi connectivity index (χ0) is 22.7. The monoisotopic (exact) mass is 456 g/mol. The van der Waals surface area contributed by atoms with Crippen molar-refractivity contribution >= 4 is 16.0 Å². The Balaban J connectivity index is 1.38. The first-order valence-corrected chi connectivity index (χ1v) is 11.8. The largest absolute Gasteiger partial charge is 0.493 e. The van der Waals surface area contributed by atoms with Gasteiger partial charge in [-0.3, -0.25) is 4.79 Å². The Morgan fingerprint density at radius 2 is 1.91 bits per heavy atom. The molecular weight excluding hydrogens is 432 g/mol. The van der Waals surface area contributed by atoms with Crippen molar-refractivity contribution < 1.29 is 27.5 Å². The molecule has 0 bridgehead atoms. The second-order valence-electron chi connectivity index (χ2n) is 7.57. The van der Waals surface area contributed by atoms with E-state index in [4.69, 9.17) is 9.15 Å². The molecular formula is C23H24N2O6S. The second kappa shape index (κ2) is 9.13. The van der Waals surface area contributed by atoms with E-state index in [9.17, 15) is 18.3 Å². The van der Waals surface area contributed by atoms with Gasteiger partial charge in [-0.15, -0.1) is 0 Å². The molecule has 1 aromatic heterocycles. The summed E-state index contributed by atoms with van der Waals surface area (Å²) in [5.74, 6) is 0.691. The number of carbonyl (C=O) groups is 1. The third-order valence-corrected chi connectivity index (χ3v) is 7.36. The van der Waals surface area contributed by atoms with Crippen LogP contribution in [0, 0.1) is 6.92 Å². The highest BCUT2D eigenvalue weighted by molar-refractivity contribution is 7.89. The molecule has 0 spiro atoms. The smallest absolute Gasteiger partial charge is 0.322 e. The van der Waals surface area contributed by atoms with Crippen LogP contribution in [-0.4, -0.2) is 48.0 Å². The highest BCUT2D eigenvalue weighted by Gasteiger charge is 2.39. The Labute approximate surface area is 186 Å². The number of sulfonamides is 1. The van der Waals surface area contributed by atoms with Gasteiger partial charge < -0.3 is 14.3 Å². The zero-order valence-corrected chi connectivity index (χ0v) is 18.4. The summed E-state index contributed by atoms with van der Waals surface area (Å²) in [6.45, 7) is 2.41. The van der Waals surface area contributed by atoms with Gasteiger partial charge in [-0.1, -0.05) is 18.2 Å². The maximum Gasteiger partial charge on any atom is 0.322 e. The topological polar surface area (TPSA) is 110 Å². The van der Waals surface area contributed by atoms with Crippen molar-refractivity contribution in [1.82, 2.24) is 9.29 Å². The second-order valence-corrected chi connectivity index (χ2v) is 9.46. The molecule has 9 heteroatoms. The average Bonchev–Trinajstić information content (AvgIpc) is 3.43. The Bertz CT molecular complexity index is 1190. The standard InChI is InChI=1S/C23H24N2O6S/c1-16-20(24-22(31-16)17-6-3-2-4-7-17)13-15-30-18-9-11-19(12-10-18)32(28,29)25-14-5-8-21(25)23(26)27/h2-4,6-7,9-12,21H,5,8,13-15H2,1H3,(H,26,27). The van der Waals surface area contributed by atoms with Gasteiger partial charge in [0.2, 0.25) is 15.9 Å². The molecule has 8 nitrogen and oxygen atoms in total.